The summed E-state index contributed by atoms with van der Waals surface area (Å²) in [7, 11) is 0. The molecular weight excluding hydrogens is 454 g/mol. The first-order valence-electron chi connectivity index (χ1n) is 10.4. The average Bonchev–Trinajstić information content (AvgIpc) is 3.34. The van der Waals surface area contributed by atoms with Crippen LogP contribution >= 0.6 is 11.6 Å². The largest absolute Gasteiger partial charge is 0.396 e. The Hall–Kier alpha value is -2.94. The number of aliphatic hydroxyl groups is 1. The molecule has 2 aromatic carbocycles. The lowest BCUT2D eigenvalue weighted by Gasteiger charge is -2.19. The van der Waals surface area contributed by atoms with Gasteiger partial charge in [0.1, 0.15) is 11.6 Å². The number of ether oxygens (including phenoxy) is 1. The predicted octanol–water partition coefficient (Wildman–Crippen LogP) is 4.05. The van der Waals surface area contributed by atoms with Crippen LogP contribution in [0.3, 0.4) is 0 Å². The standard InChI is InChI=1S/C24H21ClF2N2O4/c25-20-5-4-14(8-21(20)27)22-11-19(23(31)9-16(12-30)15-6-7-33-13-15)24(32)29(28-22)18-3-1-2-17(26)10-18/h1-5,8,10-11,15-16,30H,6-7,9,12-13H2. The highest BCUT2D eigenvalue weighted by atomic mass is 35.5. The first-order valence-corrected chi connectivity index (χ1v) is 10.8. The molecule has 3 aromatic rings. The molecule has 1 aromatic heterocycles. The number of nitrogens with zero attached hydrogens (tertiary/aromatic N) is 2. The second-order valence-corrected chi connectivity index (χ2v) is 8.37. The molecule has 172 valence electrons. The number of aromatic nitrogens is 2. The second-order valence-electron chi connectivity index (χ2n) is 7.96. The van der Waals surface area contributed by atoms with Gasteiger partial charge in [-0.05, 0) is 54.7 Å². The number of hydrogen-bond donors (Lipinski definition) is 1. The lowest BCUT2D eigenvalue weighted by Crippen LogP contribution is -2.30. The van der Waals surface area contributed by atoms with E-state index in [2.05, 4.69) is 5.10 Å². The average molecular weight is 475 g/mol. The van der Waals surface area contributed by atoms with Gasteiger partial charge >= 0.3 is 0 Å². The number of benzene rings is 2. The quantitative estimate of drug-likeness (QED) is 0.522. The monoisotopic (exact) mass is 474 g/mol. The van der Waals surface area contributed by atoms with Crippen LogP contribution in [0.15, 0.2) is 53.3 Å². The van der Waals surface area contributed by atoms with E-state index >= 15 is 0 Å². The van der Waals surface area contributed by atoms with Gasteiger partial charge in [0.25, 0.3) is 5.56 Å². The van der Waals surface area contributed by atoms with Crippen LogP contribution in [0.4, 0.5) is 8.78 Å². The highest BCUT2D eigenvalue weighted by Crippen LogP contribution is 2.27. The fourth-order valence-corrected chi connectivity index (χ4v) is 4.04. The van der Waals surface area contributed by atoms with E-state index in [1.165, 1.54) is 36.4 Å². The lowest BCUT2D eigenvalue weighted by molar-refractivity contribution is 0.0873. The molecule has 2 unspecified atom stereocenters. The maximum atomic E-state index is 14.1. The van der Waals surface area contributed by atoms with E-state index in [9.17, 15) is 23.5 Å². The summed E-state index contributed by atoms with van der Waals surface area (Å²) in [5.74, 6) is -2.12. The number of aliphatic hydroxyl groups excluding tert-OH is 1. The summed E-state index contributed by atoms with van der Waals surface area (Å²) in [5.41, 5.74) is -0.366. The van der Waals surface area contributed by atoms with Crippen LogP contribution in [0, 0.1) is 23.5 Å². The van der Waals surface area contributed by atoms with Gasteiger partial charge in [-0.25, -0.2) is 8.78 Å². The fraction of sp³-hybridized carbons (Fsp3) is 0.292. The molecule has 0 saturated carbocycles. The summed E-state index contributed by atoms with van der Waals surface area (Å²) in [6.45, 7) is 0.777. The lowest BCUT2D eigenvalue weighted by atomic mass is 9.87. The van der Waals surface area contributed by atoms with Gasteiger partial charge in [-0.15, -0.1) is 0 Å². The van der Waals surface area contributed by atoms with Crippen molar-refractivity contribution in [3.05, 3.63) is 81.1 Å². The third-order valence-electron chi connectivity index (χ3n) is 5.79. The second kappa shape index (κ2) is 9.91. The summed E-state index contributed by atoms with van der Waals surface area (Å²) in [4.78, 5) is 26.4. The van der Waals surface area contributed by atoms with Crippen molar-refractivity contribution in [1.82, 2.24) is 9.78 Å². The number of rotatable bonds is 7. The van der Waals surface area contributed by atoms with E-state index in [0.29, 0.717) is 18.8 Å². The summed E-state index contributed by atoms with van der Waals surface area (Å²) in [5, 5.41) is 14.0. The van der Waals surface area contributed by atoms with E-state index in [1.807, 2.05) is 0 Å². The zero-order valence-corrected chi connectivity index (χ0v) is 18.3. The molecule has 0 bridgehead atoms. The van der Waals surface area contributed by atoms with E-state index in [-0.39, 0.29) is 46.8 Å². The van der Waals surface area contributed by atoms with Gasteiger partial charge in [0.2, 0.25) is 0 Å². The molecule has 1 fully saturated rings. The van der Waals surface area contributed by atoms with E-state index in [1.54, 1.807) is 0 Å². The van der Waals surface area contributed by atoms with Crippen LogP contribution in [0.25, 0.3) is 16.9 Å². The van der Waals surface area contributed by atoms with Crippen molar-refractivity contribution in [3.63, 3.8) is 0 Å². The Morgan fingerprint density at radius 3 is 2.73 bits per heavy atom. The van der Waals surface area contributed by atoms with E-state index in [0.717, 1.165) is 23.2 Å². The highest BCUT2D eigenvalue weighted by Gasteiger charge is 2.29. The SMILES string of the molecule is O=C(CC(CO)C1CCOC1)c1cc(-c2ccc(Cl)c(F)c2)nn(-c2cccc(F)c2)c1=O. The van der Waals surface area contributed by atoms with Gasteiger partial charge < -0.3 is 9.84 Å². The Balaban J connectivity index is 1.81. The van der Waals surface area contributed by atoms with Gasteiger partial charge in [-0.3, -0.25) is 9.59 Å². The van der Waals surface area contributed by atoms with Crippen molar-refractivity contribution >= 4 is 17.4 Å². The third kappa shape index (κ3) is 5.03. The van der Waals surface area contributed by atoms with Crippen molar-refractivity contribution in [2.45, 2.75) is 12.8 Å². The van der Waals surface area contributed by atoms with Gasteiger partial charge in [0.15, 0.2) is 5.78 Å². The molecule has 0 spiro atoms. The van der Waals surface area contributed by atoms with E-state index in [4.69, 9.17) is 16.3 Å². The molecule has 1 aliphatic rings. The number of halogens is 3. The van der Waals surface area contributed by atoms with Crippen LogP contribution in [0.5, 0.6) is 0 Å². The van der Waals surface area contributed by atoms with Crippen molar-refractivity contribution in [3.8, 4) is 16.9 Å². The summed E-state index contributed by atoms with van der Waals surface area (Å²) >= 11 is 5.77. The molecular formula is C24H21ClF2N2O4. The summed E-state index contributed by atoms with van der Waals surface area (Å²) in [6.07, 6.45) is 0.652. The normalized spacial score (nSPS) is 16.7. The molecule has 2 atom stereocenters. The highest BCUT2D eigenvalue weighted by molar-refractivity contribution is 6.30. The van der Waals surface area contributed by atoms with Crippen LogP contribution in [0.2, 0.25) is 5.02 Å². The van der Waals surface area contributed by atoms with Crippen LogP contribution in [-0.4, -0.2) is 40.5 Å². The molecule has 1 saturated heterocycles. The minimum atomic E-state index is -0.733. The molecule has 4 rings (SSSR count). The summed E-state index contributed by atoms with van der Waals surface area (Å²) in [6, 6.07) is 10.5. The molecule has 6 nitrogen and oxygen atoms in total. The Morgan fingerprint density at radius 2 is 2.06 bits per heavy atom. The maximum Gasteiger partial charge on any atom is 0.282 e. The maximum absolute atomic E-state index is 14.1. The smallest absolute Gasteiger partial charge is 0.282 e. The topological polar surface area (TPSA) is 81.4 Å². The van der Waals surface area contributed by atoms with Crippen molar-refractivity contribution in [2.75, 3.05) is 19.8 Å². The molecule has 1 N–H and O–H groups in total. The zero-order chi connectivity index (χ0) is 23.5. The van der Waals surface area contributed by atoms with Gasteiger partial charge in [-0.1, -0.05) is 23.7 Å². The fourth-order valence-electron chi connectivity index (χ4n) is 3.93. The first kappa shape index (κ1) is 23.2. The Kier molecular flexibility index (Phi) is 6.97. The summed E-state index contributed by atoms with van der Waals surface area (Å²) < 4.78 is 34.2. The van der Waals surface area contributed by atoms with Crippen LogP contribution < -0.4 is 5.56 Å². The number of carbonyl (C=O) groups is 1. The van der Waals surface area contributed by atoms with Crippen molar-refractivity contribution in [2.24, 2.45) is 11.8 Å². The van der Waals surface area contributed by atoms with Crippen LogP contribution in [-0.2, 0) is 4.74 Å². The minimum Gasteiger partial charge on any atom is -0.396 e. The van der Waals surface area contributed by atoms with Crippen molar-refractivity contribution < 1.29 is 23.4 Å². The zero-order valence-electron chi connectivity index (χ0n) is 17.5. The van der Waals surface area contributed by atoms with Crippen molar-refractivity contribution in [1.29, 1.82) is 0 Å². The Labute approximate surface area is 193 Å². The van der Waals surface area contributed by atoms with Gasteiger partial charge in [0.05, 0.1) is 22.0 Å². The number of Topliss-reactive ketones (excluding diaryl/α,β-unsaturated/α-hetero) is 1. The number of carbonyl (C=O) groups excluding carboxylic acids is 1. The number of hydrogen-bond acceptors (Lipinski definition) is 5. The molecule has 1 aliphatic heterocycles. The molecule has 33 heavy (non-hydrogen) atoms. The Morgan fingerprint density at radius 1 is 1.24 bits per heavy atom. The van der Waals surface area contributed by atoms with E-state index < -0.39 is 23.0 Å². The predicted molar refractivity (Wildman–Crippen MR) is 119 cm³/mol. The molecule has 2 heterocycles. The first-order chi connectivity index (χ1) is 15.9. The van der Waals surface area contributed by atoms with Gasteiger partial charge in [-0.2, -0.15) is 9.78 Å². The number of ketones is 1. The van der Waals surface area contributed by atoms with Crippen LogP contribution in [0.1, 0.15) is 23.2 Å². The molecule has 0 radical (unpaired) electrons. The Bertz CT molecular complexity index is 1240. The minimum absolute atomic E-state index is 0.0102. The molecule has 0 aliphatic carbocycles. The third-order valence-corrected chi connectivity index (χ3v) is 6.10. The van der Waals surface area contributed by atoms with Gasteiger partial charge in [0, 0.05) is 31.8 Å². The molecule has 9 heteroatoms. The molecule has 0 amide bonds.